The molecule has 6 heterocycles. The molecule has 0 amide bonds. The van der Waals surface area contributed by atoms with Crippen molar-refractivity contribution < 1.29 is 0 Å². The van der Waals surface area contributed by atoms with Gasteiger partial charge in [0.25, 0.3) is 0 Å². The molecule has 0 aliphatic heterocycles. The summed E-state index contributed by atoms with van der Waals surface area (Å²) in [4.78, 5) is 28.8. The molecule has 0 N–H and O–H groups in total. The van der Waals surface area contributed by atoms with Crippen LogP contribution in [0.3, 0.4) is 0 Å². The molecular weight excluding hydrogens is 757 g/mol. The first-order valence-electron chi connectivity index (χ1n) is 20.6. The molecule has 6 aromatic heterocycles. The second-order valence-corrected chi connectivity index (χ2v) is 15.1. The Bertz CT molecular complexity index is 3020. The van der Waals surface area contributed by atoms with Gasteiger partial charge in [-0.3, -0.25) is 19.9 Å². The van der Waals surface area contributed by atoms with Gasteiger partial charge in [0.2, 0.25) is 0 Å². The van der Waals surface area contributed by atoms with Crippen LogP contribution in [0.15, 0.2) is 219 Å². The van der Waals surface area contributed by atoms with Gasteiger partial charge < -0.3 is 0 Å². The quantitative estimate of drug-likeness (QED) is 0.143. The number of nitrogens with zero attached hydrogens (tertiary/aromatic N) is 6. The van der Waals surface area contributed by atoms with Gasteiger partial charge in [0, 0.05) is 24.8 Å². The molecule has 0 saturated heterocycles. The zero-order valence-corrected chi connectivity index (χ0v) is 33.5. The van der Waals surface area contributed by atoms with Crippen LogP contribution in [-0.2, 0) is 0 Å². The van der Waals surface area contributed by atoms with Crippen LogP contribution < -0.4 is 0 Å². The van der Waals surface area contributed by atoms with Crippen LogP contribution in [0, 0.1) is 0 Å². The summed E-state index contributed by atoms with van der Waals surface area (Å²) >= 11 is 0. The molecule has 0 unspecified atom stereocenters. The molecule has 11 aromatic rings. The molecule has 0 aliphatic carbocycles. The van der Waals surface area contributed by atoms with Crippen molar-refractivity contribution in [3.63, 3.8) is 0 Å². The minimum atomic E-state index is 0.789. The predicted molar refractivity (Wildman–Crippen MR) is 252 cm³/mol. The highest BCUT2D eigenvalue weighted by molar-refractivity contribution is 6.22. The number of aromatic nitrogens is 6. The molecule has 290 valence electrons. The Kier molecular flexibility index (Phi) is 9.41. The first kappa shape index (κ1) is 36.6. The maximum Gasteiger partial charge on any atom is 0.0900 e. The fraction of sp³-hybridized carbons (Fsp3) is 0. The van der Waals surface area contributed by atoms with Gasteiger partial charge in [-0.05, 0) is 151 Å². The van der Waals surface area contributed by atoms with Gasteiger partial charge in [0.05, 0.1) is 45.6 Å². The summed E-state index contributed by atoms with van der Waals surface area (Å²) in [5.74, 6) is 0. The third kappa shape index (κ3) is 6.95. The van der Waals surface area contributed by atoms with E-state index in [-0.39, 0.29) is 0 Å². The van der Waals surface area contributed by atoms with Gasteiger partial charge in [-0.2, -0.15) is 0 Å². The molecule has 0 saturated carbocycles. The molecule has 0 aliphatic rings. The third-order valence-corrected chi connectivity index (χ3v) is 11.3. The van der Waals surface area contributed by atoms with E-state index in [9.17, 15) is 0 Å². The van der Waals surface area contributed by atoms with E-state index in [0.717, 1.165) is 100 Å². The minimum absolute atomic E-state index is 0.789. The Morgan fingerprint density at radius 2 is 0.532 bits per heavy atom. The van der Waals surface area contributed by atoms with E-state index >= 15 is 0 Å². The molecule has 0 bridgehead atoms. The van der Waals surface area contributed by atoms with Crippen LogP contribution in [0.5, 0.6) is 0 Å². The topological polar surface area (TPSA) is 77.3 Å². The van der Waals surface area contributed by atoms with Crippen molar-refractivity contribution in [1.82, 2.24) is 29.9 Å². The lowest BCUT2D eigenvalue weighted by atomic mass is 9.84. The van der Waals surface area contributed by atoms with E-state index in [1.165, 1.54) is 11.1 Å². The van der Waals surface area contributed by atoms with Crippen molar-refractivity contribution in [2.45, 2.75) is 0 Å². The molecular formula is C56H36N6. The van der Waals surface area contributed by atoms with Crippen molar-refractivity contribution in [1.29, 1.82) is 0 Å². The molecule has 5 aromatic carbocycles. The van der Waals surface area contributed by atoms with Crippen LogP contribution in [0.4, 0.5) is 0 Å². The monoisotopic (exact) mass is 792 g/mol. The fourth-order valence-electron chi connectivity index (χ4n) is 8.40. The number of benzene rings is 5. The lowest BCUT2D eigenvalue weighted by Gasteiger charge is -2.20. The first-order chi connectivity index (χ1) is 30.7. The largest absolute Gasteiger partial charge is 0.255 e. The fourth-order valence-corrected chi connectivity index (χ4v) is 8.40. The van der Waals surface area contributed by atoms with Crippen LogP contribution >= 0.6 is 0 Å². The van der Waals surface area contributed by atoms with Gasteiger partial charge in [-0.25, -0.2) is 9.97 Å². The number of hydrogen-bond acceptors (Lipinski definition) is 6. The Balaban J connectivity index is 1.18. The summed E-state index contributed by atoms with van der Waals surface area (Å²) < 4.78 is 0. The average molecular weight is 793 g/mol. The highest BCUT2D eigenvalue weighted by Crippen LogP contribution is 2.46. The predicted octanol–water partition coefficient (Wildman–Crippen LogP) is 13.7. The lowest BCUT2D eigenvalue weighted by Crippen LogP contribution is -1.95. The molecule has 11 rings (SSSR count). The van der Waals surface area contributed by atoms with Gasteiger partial charge in [-0.1, -0.05) is 109 Å². The summed E-state index contributed by atoms with van der Waals surface area (Å²) in [5, 5.41) is 4.63. The molecule has 0 fully saturated rings. The second-order valence-electron chi connectivity index (χ2n) is 15.1. The number of rotatable bonds is 8. The molecule has 0 radical (unpaired) electrons. The van der Waals surface area contributed by atoms with Gasteiger partial charge in [0.15, 0.2) is 0 Å². The number of hydrogen-bond donors (Lipinski definition) is 0. The SMILES string of the molecule is c1ccc(-c2c3ccc(-c4cc(-c5ccccn5)nc(-c5ccccn5)c4)cc3c(-c3ccccc3)c3ccc(-c4cc(-c5ccccn5)nc(-c5ccccn5)c4)cc23)cc1. The Hall–Kier alpha value is -8.48. The zero-order valence-electron chi connectivity index (χ0n) is 33.5. The highest BCUT2D eigenvalue weighted by atomic mass is 14.8. The zero-order chi connectivity index (χ0) is 41.2. The molecule has 6 heteroatoms. The normalized spacial score (nSPS) is 11.2. The van der Waals surface area contributed by atoms with Crippen molar-refractivity contribution in [3.05, 3.63) is 219 Å². The average Bonchev–Trinajstić information content (AvgIpc) is 3.36. The van der Waals surface area contributed by atoms with Crippen LogP contribution in [-0.4, -0.2) is 29.9 Å². The summed E-state index contributed by atoms with van der Waals surface area (Å²) in [7, 11) is 0. The number of pyridine rings is 6. The van der Waals surface area contributed by atoms with Crippen molar-refractivity contribution in [3.8, 4) is 90.1 Å². The van der Waals surface area contributed by atoms with Crippen molar-refractivity contribution in [2.75, 3.05) is 0 Å². The van der Waals surface area contributed by atoms with Crippen LogP contribution in [0.25, 0.3) is 112 Å². The van der Waals surface area contributed by atoms with Gasteiger partial charge in [0.1, 0.15) is 0 Å². The van der Waals surface area contributed by atoms with E-state index in [0.29, 0.717) is 0 Å². The molecule has 0 spiro atoms. The Labute approximate surface area is 359 Å². The standard InChI is InChI=1S/C56H36N6/c1-3-15-37(16-4-1)55-43-25-23-40(42-35-53(49-21-9-13-29-59-49)62-54(36-42)50-22-10-14-30-60-50)32-46(43)56(38-17-5-2-6-18-38)44-26-24-39(31-45(44)55)41-33-51(47-19-7-11-27-57-47)61-52(34-41)48-20-8-12-28-58-48/h1-36H. The Morgan fingerprint density at radius 3 is 0.839 bits per heavy atom. The molecule has 62 heavy (non-hydrogen) atoms. The van der Waals surface area contributed by atoms with Crippen LogP contribution in [0.2, 0.25) is 0 Å². The van der Waals surface area contributed by atoms with E-state index in [4.69, 9.17) is 9.97 Å². The molecule has 0 atom stereocenters. The summed E-state index contributed by atoms with van der Waals surface area (Å²) in [6, 6.07) is 67.4. The van der Waals surface area contributed by atoms with Crippen molar-refractivity contribution in [2.24, 2.45) is 0 Å². The van der Waals surface area contributed by atoms with Gasteiger partial charge >= 0.3 is 0 Å². The van der Waals surface area contributed by atoms with E-state index in [1.54, 1.807) is 24.8 Å². The Morgan fingerprint density at radius 1 is 0.210 bits per heavy atom. The summed E-state index contributed by atoms with van der Waals surface area (Å²) in [6.45, 7) is 0. The second kappa shape index (κ2) is 15.9. The highest BCUT2D eigenvalue weighted by Gasteiger charge is 2.20. The van der Waals surface area contributed by atoms with E-state index in [2.05, 4.69) is 141 Å². The van der Waals surface area contributed by atoms with E-state index in [1.807, 2.05) is 72.8 Å². The lowest BCUT2D eigenvalue weighted by molar-refractivity contribution is 1.22. The molecule has 6 nitrogen and oxygen atoms in total. The summed E-state index contributed by atoms with van der Waals surface area (Å²) in [6.07, 6.45) is 7.23. The number of fused-ring (bicyclic) bond motifs is 2. The van der Waals surface area contributed by atoms with Crippen molar-refractivity contribution >= 4 is 21.5 Å². The minimum Gasteiger partial charge on any atom is -0.255 e. The first-order valence-corrected chi connectivity index (χ1v) is 20.6. The van der Waals surface area contributed by atoms with Crippen LogP contribution in [0.1, 0.15) is 0 Å². The van der Waals surface area contributed by atoms with E-state index < -0.39 is 0 Å². The third-order valence-electron chi connectivity index (χ3n) is 11.3. The summed E-state index contributed by atoms with van der Waals surface area (Å²) in [5.41, 5.74) is 15.2. The maximum absolute atomic E-state index is 5.06. The van der Waals surface area contributed by atoms with Gasteiger partial charge in [-0.15, -0.1) is 0 Å². The maximum atomic E-state index is 5.06. The smallest absolute Gasteiger partial charge is 0.0900 e.